The monoisotopic (exact) mass is 329 g/mol. The van der Waals surface area contributed by atoms with Crippen LogP contribution in [0.2, 0.25) is 0 Å². The van der Waals surface area contributed by atoms with E-state index >= 15 is 0 Å². The van der Waals surface area contributed by atoms with Gasteiger partial charge in [-0.15, -0.1) is 5.10 Å². The zero-order valence-electron chi connectivity index (χ0n) is 13.3. The molecule has 2 saturated carbocycles. The first kappa shape index (κ1) is 15.8. The summed E-state index contributed by atoms with van der Waals surface area (Å²) in [4.78, 5) is 1.16. The maximum absolute atomic E-state index is 12.7. The number of nitrogens with zero attached hydrogens (tertiary/aromatic N) is 5. The lowest BCUT2D eigenvalue weighted by molar-refractivity contribution is -0.145. The molecule has 3 rings (SSSR count). The van der Waals surface area contributed by atoms with Gasteiger partial charge in [0.1, 0.15) is 0 Å². The highest BCUT2D eigenvalue weighted by molar-refractivity contribution is 7.88. The molecule has 0 saturated heterocycles. The molecule has 0 N–H and O–H groups in total. The molecule has 124 valence electrons. The van der Waals surface area contributed by atoms with Crippen LogP contribution in [0, 0.1) is 5.41 Å². The SMILES string of the molecule is CCOC1CC(N(C)S(=O)(=O)c2nnn(C)n2)C12CCCC2. The van der Waals surface area contributed by atoms with Crippen molar-refractivity contribution in [2.24, 2.45) is 12.5 Å². The van der Waals surface area contributed by atoms with Gasteiger partial charge in [0.15, 0.2) is 0 Å². The summed E-state index contributed by atoms with van der Waals surface area (Å²) in [7, 11) is -0.530. The van der Waals surface area contributed by atoms with Gasteiger partial charge in [0.2, 0.25) is 0 Å². The largest absolute Gasteiger partial charge is 0.378 e. The molecule has 2 unspecified atom stereocenters. The van der Waals surface area contributed by atoms with Crippen LogP contribution in [-0.2, 0) is 21.8 Å². The van der Waals surface area contributed by atoms with Gasteiger partial charge < -0.3 is 4.74 Å². The van der Waals surface area contributed by atoms with Crippen molar-refractivity contribution in [3.63, 3.8) is 0 Å². The fourth-order valence-electron chi connectivity index (χ4n) is 4.03. The summed E-state index contributed by atoms with van der Waals surface area (Å²) in [5, 5.41) is 10.9. The van der Waals surface area contributed by atoms with Crippen molar-refractivity contribution in [1.29, 1.82) is 0 Å². The second kappa shape index (κ2) is 5.54. The van der Waals surface area contributed by atoms with E-state index in [1.807, 2.05) is 6.92 Å². The smallest absolute Gasteiger partial charge is 0.303 e. The molecule has 9 heteroatoms. The molecule has 2 fully saturated rings. The van der Waals surface area contributed by atoms with Gasteiger partial charge in [-0.3, -0.25) is 0 Å². The van der Waals surface area contributed by atoms with Gasteiger partial charge in [-0.05, 0) is 31.4 Å². The molecule has 1 spiro atoms. The molecule has 2 aliphatic carbocycles. The van der Waals surface area contributed by atoms with Gasteiger partial charge in [0.25, 0.3) is 10.0 Å². The third-order valence-electron chi connectivity index (χ3n) is 5.18. The van der Waals surface area contributed by atoms with Crippen LogP contribution in [0.5, 0.6) is 0 Å². The third-order valence-corrected chi connectivity index (χ3v) is 6.82. The standard InChI is InChI=1S/C13H23N5O3S/c1-4-21-11-9-10(13(11)7-5-6-8-13)17(2)22(19,20)12-14-16-18(3)15-12/h10-11H,4-9H2,1-3H3. The minimum absolute atomic E-state index is 0.0413. The predicted octanol–water partition coefficient (Wildman–Crippen LogP) is 0.568. The second-order valence-electron chi connectivity index (χ2n) is 6.22. The van der Waals surface area contributed by atoms with Crippen molar-refractivity contribution >= 4 is 10.0 Å². The van der Waals surface area contributed by atoms with Gasteiger partial charge in [-0.25, -0.2) is 8.42 Å². The third kappa shape index (κ3) is 2.26. The number of aryl methyl sites for hydroxylation is 1. The van der Waals surface area contributed by atoms with Crippen LogP contribution >= 0.6 is 0 Å². The fraction of sp³-hybridized carbons (Fsp3) is 0.923. The minimum atomic E-state index is -3.71. The van der Waals surface area contributed by atoms with E-state index in [2.05, 4.69) is 15.4 Å². The van der Waals surface area contributed by atoms with E-state index in [1.54, 1.807) is 14.1 Å². The Bertz CT molecular complexity index is 638. The van der Waals surface area contributed by atoms with Crippen molar-refractivity contribution in [1.82, 2.24) is 24.5 Å². The molecular weight excluding hydrogens is 306 g/mol. The summed E-state index contributed by atoms with van der Waals surface area (Å²) >= 11 is 0. The molecule has 0 amide bonds. The summed E-state index contributed by atoms with van der Waals surface area (Å²) in [6, 6.07) is -0.0413. The first-order chi connectivity index (χ1) is 10.4. The normalized spacial score (nSPS) is 27.5. The Morgan fingerprint density at radius 3 is 2.64 bits per heavy atom. The molecule has 0 aliphatic heterocycles. The lowest BCUT2D eigenvalue weighted by Gasteiger charge is -2.56. The number of aromatic nitrogens is 4. The summed E-state index contributed by atoms with van der Waals surface area (Å²) in [6.07, 6.45) is 5.22. The highest BCUT2D eigenvalue weighted by Crippen LogP contribution is 2.57. The second-order valence-corrected chi connectivity index (χ2v) is 8.11. The van der Waals surface area contributed by atoms with Crippen molar-refractivity contribution < 1.29 is 13.2 Å². The Hall–Kier alpha value is -1.06. The van der Waals surface area contributed by atoms with Crippen molar-refractivity contribution in [2.75, 3.05) is 13.7 Å². The van der Waals surface area contributed by atoms with Crippen LogP contribution in [0.1, 0.15) is 39.0 Å². The quantitative estimate of drug-likeness (QED) is 0.784. The number of sulfonamides is 1. The van der Waals surface area contributed by atoms with Crippen LogP contribution in [0.3, 0.4) is 0 Å². The number of rotatable bonds is 5. The average molecular weight is 329 g/mol. The van der Waals surface area contributed by atoms with Crippen LogP contribution < -0.4 is 0 Å². The van der Waals surface area contributed by atoms with Crippen molar-refractivity contribution in [3.8, 4) is 0 Å². The molecular formula is C13H23N5O3S. The maximum atomic E-state index is 12.7. The van der Waals surface area contributed by atoms with Crippen LogP contribution in [0.25, 0.3) is 0 Å². The lowest BCUT2D eigenvalue weighted by atomic mass is 9.60. The van der Waals surface area contributed by atoms with Gasteiger partial charge in [0.05, 0.1) is 13.2 Å². The van der Waals surface area contributed by atoms with Crippen LogP contribution in [0.4, 0.5) is 0 Å². The average Bonchev–Trinajstić information content (AvgIpc) is 3.12. The van der Waals surface area contributed by atoms with E-state index < -0.39 is 10.0 Å². The number of ether oxygens (including phenoxy) is 1. The van der Waals surface area contributed by atoms with Crippen LogP contribution in [0.15, 0.2) is 5.16 Å². The molecule has 1 heterocycles. The number of hydrogen-bond acceptors (Lipinski definition) is 6. The molecule has 0 bridgehead atoms. The Morgan fingerprint density at radius 2 is 2.09 bits per heavy atom. The molecule has 0 aromatic carbocycles. The van der Waals surface area contributed by atoms with Gasteiger partial charge in [-0.2, -0.15) is 9.10 Å². The van der Waals surface area contributed by atoms with E-state index in [4.69, 9.17) is 4.74 Å². The summed E-state index contributed by atoms with van der Waals surface area (Å²) < 4.78 is 32.7. The van der Waals surface area contributed by atoms with E-state index in [0.717, 1.165) is 36.9 Å². The van der Waals surface area contributed by atoms with E-state index in [1.165, 1.54) is 4.31 Å². The predicted molar refractivity (Wildman–Crippen MR) is 78.5 cm³/mol. The molecule has 8 nitrogen and oxygen atoms in total. The zero-order chi connectivity index (χ0) is 16.0. The summed E-state index contributed by atoms with van der Waals surface area (Å²) in [6.45, 7) is 2.65. The van der Waals surface area contributed by atoms with Crippen molar-refractivity contribution in [3.05, 3.63) is 0 Å². The number of hydrogen-bond donors (Lipinski definition) is 0. The minimum Gasteiger partial charge on any atom is -0.378 e. The Labute approximate surface area is 130 Å². The van der Waals surface area contributed by atoms with Crippen LogP contribution in [-0.4, -0.2) is 58.7 Å². The van der Waals surface area contributed by atoms with Gasteiger partial charge >= 0.3 is 5.16 Å². The molecule has 1 aromatic rings. The van der Waals surface area contributed by atoms with E-state index in [9.17, 15) is 8.42 Å². The highest BCUT2D eigenvalue weighted by atomic mass is 32.2. The van der Waals surface area contributed by atoms with Crippen molar-refractivity contribution in [2.45, 2.75) is 56.3 Å². The highest BCUT2D eigenvalue weighted by Gasteiger charge is 2.60. The zero-order valence-corrected chi connectivity index (χ0v) is 14.1. The lowest BCUT2D eigenvalue weighted by Crippen LogP contribution is -2.63. The molecule has 22 heavy (non-hydrogen) atoms. The number of tetrazole rings is 1. The van der Waals surface area contributed by atoms with Gasteiger partial charge in [0, 0.05) is 25.1 Å². The summed E-state index contributed by atoms with van der Waals surface area (Å²) in [5.41, 5.74) is -0.0416. The molecule has 2 aliphatic rings. The molecule has 0 radical (unpaired) electrons. The Kier molecular flexibility index (Phi) is 3.98. The topological polar surface area (TPSA) is 90.2 Å². The molecule has 1 aromatic heterocycles. The Morgan fingerprint density at radius 1 is 1.41 bits per heavy atom. The fourth-order valence-corrected chi connectivity index (χ4v) is 5.28. The van der Waals surface area contributed by atoms with E-state index in [-0.39, 0.29) is 22.7 Å². The van der Waals surface area contributed by atoms with E-state index in [0.29, 0.717) is 6.61 Å². The first-order valence-corrected chi connectivity index (χ1v) is 9.19. The first-order valence-electron chi connectivity index (χ1n) is 7.75. The van der Waals surface area contributed by atoms with Gasteiger partial charge in [-0.1, -0.05) is 17.9 Å². The molecule has 2 atom stereocenters. The summed E-state index contributed by atoms with van der Waals surface area (Å²) in [5.74, 6) is 0. The maximum Gasteiger partial charge on any atom is 0.303 e. The Balaban J connectivity index is 1.84.